The molecule has 3 rings (SSSR count). The van der Waals surface area contributed by atoms with Gasteiger partial charge in [0.2, 0.25) is 0 Å². The number of carbonyl (C=O) groups is 3. The quantitative estimate of drug-likeness (QED) is 0.603. The molecule has 7 nitrogen and oxygen atoms in total. The molecular formula is C17H21BrN4O3. The molecule has 0 radical (unpaired) electrons. The van der Waals surface area contributed by atoms with Gasteiger partial charge in [-0.15, -0.1) is 0 Å². The van der Waals surface area contributed by atoms with Gasteiger partial charge in [0.05, 0.1) is 11.1 Å². The van der Waals surface area contributed by atoms with Gasteiger partial charge in [0.1, 0.15) is 0 Å². The summed E-state index contributed by atoms with van der Waals surface area (Å²) in [6.07, 6.45) is 0.534. The fourth-order valence-corrected chi connectivity index (χ4v) is 3.38. The zero-order valence-electron chi connectivity index (χ0n) is 14.1. The van der Waals surface area contributed by atoms with Gasteiger partial charge in [0, 0.05) is 43.7 Å². The van der Waals surface area contributed by atoms with E-state index in [1.807, 2.05) is 7.05 Å². The largest absolute Gasteiger partial charge is 0.338 e. The molecule has 2 aliphatic heterocycles. The van der Waals surface area contributed by atoms with E-state index in [-0.39, 0.29) is 17.8 Å². The molecule has 0 spiro atoms. The van der Waals surface area contributed by atoms with Crippen molar-refractivity contribution >= 4 is 33.8 Å². The first kappa shape index (κ1) is 17.9. The fourth-order valence-electron chi connectivity index (χ4n) is 3.02. The minimum atomic E-state index is -0.272. The molecule has 134 valence electrons. The highest BCUT2D eigenvalue weighted by molar-refractivity contribution is 9.10. The first-order valence-electron chi connectivity index (χ1n) is 8.34. The molecule has 1 aromatic carbocycles. The predicted molar refractivity (Wildman–Crippen MR) is 96.6 cm³/mol. The van der Waals surface area contributed by atoms with Gasteiger partial charge in [-0.05, 0) is 31.7 Å². The highest BCUT2D eigenvalue weighted by atomic mass is 79.9. The van der Waals surface area contributed by atoms with Gasteiger partial charge in [-0.3, -0.25) is 14.5 Å². The summed E-state index contributed by atoms with van der Waals surface area (Å²) < 4.78 is 0.772. The van der Waals surface area contributed by atoms with Gasteiger partial charge in [0.25, 0.3) is 11.8 Å². The number of piperazine rings is 1. The van der Waals surface area contributed by atoms with Gasteiger partial charge in [-0.2, -0.15) is 0 Å². The Morgan fingerprint density at radius 3 is 2.52 bits per heavy atom. The monoisotopic (exact) mass is 408 g/mol. The van der Waals surface area contributed by atoms with E-state index in [9.17, 15) is 14.4 Å². The van der Waals surface area contributed by atoms with Crippen LogP contribution >= 0.6 is 15.9 Å². The Morgan fingerprint density at radius 2 is 1.80 bits per heavy atom. The zero-order chi connectivity index (χ0) is 18.0. The number of hydrogen-bond acceptors (Lipinski definition) is 4. The Bertz CT molecular complexity index is 701. The van der Waals surface area contributed by atoms with Crippen molar-refractivity contribution in [2.24, 2.45) is 0 Å². The number of urea groups is 1. The third-order valence-corrected chi connectivity index (χ3v) is 5.05. The number of nitrogens with zero attached hydrogens (tertiary/aromatic N) is 3. The van der Waals surface area contributed by atoms with E-state index in [0.29, 0.717) is 30.6 Å². The van der Waals surface area contributed by atoms with Gasteiger partial charge < -0.3 is 15.1 Å². The van der Waals surface area contributed by atoms with Crippen molar-refractivity contribution in [3.05, 3.63) is 33.8 Å². The number of likely N-dealkylation sites (N-methyl/N-ethyl adjacent to an activating group) is 1. The normalized spacial score (nSPS) is 17.8. The minimum Gasteiger partial charge on any atom is -0.338 e. The number of halogens is 1. The molecule has 2 aliphatic rings. The molecule has 1 saturated heterocycles. The molecule has 8 heteroatoms. The van der Waals surface area contributed by atoms with E-state index in [4.69, 9.17) is 0 Å². The molecule has 0 unspecified atom stereocenters. The third-order valence-electron chi connectivity index (χ3n) is 4.56. The van der Waals surface area contributed by atoms with E-state index >= 15 is 0 Å². The summed E-state index contributed by atoms with van der Waals surface area (Å²) in [7, 11) is 2.04. The van der Waals surface area contributed by atoms with E-state index < -0.39 is 0 Å². The van der Waals surface area contributed by atoms with Crippen LogP contribution in [0.1, 0.15) is 27.1 Å². The maximum atomic E-state index is 12.3. The molecule has 0 saturated carbocycles. The average Bonchev–Trinajstić information content (AvgIpc) is 2.83. The van der Waals surface area contributed by atoms with E-state index in [1.165, 1.54) is 4.90 Å². The number of carbonyl (C=O) groups excluding carboxylic acids is 3. The molecule has 0 atom stereocenters. The second-order valence-corrected chi connectivity index (χ2v) is 7.24. The van der Waals surface area contributed by atoms with E-state index in [1.54, 1.807) is 23.1 Å². The molecule has 1 aromatic rings. The van der Waals surface area contributed by atoms with Crippen molar-refractivity contribution in [2.45, 2.75) is 6.42 Å². The summed E-state index contributed by atoms with van der Waals surface area (Å²) >= 11 is 3.32. The second-order valence-electron chi connectivity index (χ2n) is 6.33. The molecule has 25 heavy (non-hydrogen) atoms. The van der Waals surface area contributed by atoms with Crippen LogP contribution in [0, 0.1) is 0 Å². The van der Waals surface area contributed by atoms with Gasteiger partial charge in [-0.25, -0.2) is 4.79 Å². The summed E-state index contributed by atoms with van der Waals surface area (Å²) in [4.78, 5) is 42.0. The number of nitrogens with one attached hydrogen (secondary N) is 1. The molecule has 4 amide bonds. The standard InChI is InChI=1S/C17H21BrN4O3/c1-20-7-9-21(10-8-20)17(25)19-5-2-6-22-15(23)13-4-3-12(18)11-14(13)16(22)24/h3-4,11H,2,5-10H2,1H3,(H,19,25). The van der Waals surface area contributed by atoms with E-state index in [2.05, 4.69) is 26.1 Å². The Labute approximate surface area is 155 Å². The van der Waals surface area contributed by atoms with Crippen LogP contribution in [0.4, 0.5) is 4.79 Å². The van der Waals surface area contributed by atoms with Crippen LogP contribution in [0.2, 0.25) is 0 Å². The van der Waals surface area contributed by atoms with Crippen LogP contribution in [0.3, 0.4) is 0 Å². The first-order valence-corrected chi connectivity index (χ1v) is 9.14. The number of imide groups is 1. The predicted octanol–water partition coefficient (Wildman–Crippen LogP) is 1.39. The van der Waals surface area contributed by atoms with Crippen LogP contribution in [0.25, 0.3) is 0 Å². The fraction of sp³-hybridized carbons (Fsp3) is 0.471. The van der Waals surface area contributed by atoms with Crippen LogP contribution in [0.5, 0.6) is 0 Å². The molecule has 0 aliphatic carbocycles. The lowest BCUT2D eigenvalue weighted by Gasteiger charge is -2.32. The maximum absolute atomic E-state index is 12.3. The maximum Gasteiger partial charge on any atom is 0.317 e. The van der Waals surface area contributed by atoms with Crippen molar-refractivity contribution in [2.75, 3.05) is 46.3 Å². The number of rotatable bonds is 4. The SMILES string of the molecule is CN1CCN(C(=O)NCCCN2C(=O)c3ccc(Br)cc3C2=O)CC1. The molecule has 0 aromatic heterocycles. The molecule has 2 heterocycles. The smallest absolute Gasteiger partial charge is 0.317 e. The van der Waals surface area contributed by atoms with Crippen LogP contribution in [-0.2, 0) is 0 Å². The Balaban J connectivity index is 1.46. The lowest BCUT2D eigenvalue weighted by Crippen LogP contribution is -2.50. The first-order chi connectivity index (χ1) is 12.0. The molecule has 1 fully saturated rings. The highest BCUT2D eigenvalue weighted by Crippen LogP contribution is 2.25. The van der Waals surface area contributed by atoms with Gasteiger partial charge >= 0.3 is 6.03 Å². The Kier molecular flexibility index (Phi) is 5.39. The minimum absolute atomic E-state index is 0.0839. The van der Waals surface area contributed by atoms with Crippen molar-refractivity contribution in [3.63, 3.8) is 0 Å². The zero-order valence-corrected chi connectivity index (χ0v) is 15.7. The van der Waals surface area contributed by atoms with Crippen molar-refractivity contribution < 1.29 is 14.4 Å². The molecule has 1 N–H and O–H groups in total. The molecule has 0 bridgehead atoms. The second kappa shape index (κ2) is 7.53. The number of benzene rings is 1. The van der Waals surface area contributed by atoms with Crippen LogP contribution in [-0.4, -0.2) is 78.9 Å². The number of fused-ring (bicyclic) bond motifs is 1. The summed E-state index contributed by atoms with van der Waals surface area (Å²) in [6.45, 7) is 3.91. The number of amides is 4. The lowest BCUT2D eigenvalue weighted by molar-refractivity contribution is 0.0653. The van der Waals surface area contributed by atoms with Crippen LogP contribution in [0.15, 0.2) is 22.7 Å². The Hall–Kier alpha value is -1.93. The van der Waals surface area contributed by atoms with Gasteiger partial charge in [0.15, 0.2) is 0 Å². The lowest BCUT2D eigenvalue weighted by atomic mass is 10.1. The molecular weight excluding hydrogens is 388 g/mol. The third kappa shape index (κ3) is 3.85. The average molecular weight is 409 g/mol. The topological polar surface area (TPSA) is 73.0 Å². The van der Waals surface area contributed by atoms with Crippen LogP contribution < -0.4 is 5.32 Å². The van der Waals surface area contributed by atoms with Gasteiger partial charge in [-0.1, -0.05) is 15.9 Å². The van der Waals surface area contributed by atoms with E-state index in [0.717, 1.165) is 30.7 Å². The van der Waals surface area contributed by atoms with Crippen molar-refractivity contribution in [3.8, 4) is 0 Å². The number of hydrogen-bond donors (Lipinski definition) is 1. The summed E-state index contributed by atoms with van der Waals surface area (Å²) in [5.41, 5.74) is 0.871. The summed E-state index contributed by atoms with van der Waals surface area (Å²) in [5, 5.41) is 2.86. The Morgan fingerprint density at radius 1 is 1.12 bits per heavy atom. The van der Waals surface area contributed by atoms with Crippen molar-refractivity contribution in [1.82, 2.24) is 20.0 Å². The highest BCUT2D eigenvalue weighted by Gasteiger charge is 2.35. The summed E-state index contributed by atoms with van der Waals surface area (Å²) in [6, 6.07) is 5.00. The summed E-state index contributed by atoms with van der Waals surface area (Å²) in [5.74, 6) is -0.537. The van der Waals surface area contributed by atoms with Crippen molar-refractivity contribution in [1.29, 1.82) is 0 Å².